The van der Waals surface area contributed by atoms with Gasteiger partial charge >= 0.3 is 0 Å². The van der Waals surface area contributed by atoms with E-state index in [1.165, 1.54) is 4.31 Å². The van der Waals surface area contributed by atoms with E-state index in [2.05, 4.69) is 6.92 Å². The van der Waals surface area contributed by atoms with Gasteiger partial charge in [-0.2, -0.15) is 17.0 Å². The van der Waals surface area contributed by atoms with Gasteiger partial charge in [0.25, 0.3) is 10.2 Å². The van der Waals surface area contributed by atoms with Crippen LogP contribution in [0.1, 0.15) is 18.9 Å². The molecule has 6 heteroatoms. The van der Waals surface area contributed by atoms with Crippen molar-refractivity contribution in [3.05, 3.63) is 35.9 Å². The normalized spacial score (nSPS) is 20.2. The molecule has 0 spiro atoms. The fraction of sp³-hybridized carbons (Fsp3) is 0.600. The fourth-order valence-electron chi connectivity index (χ4n) is 2.65. The summed E-state index contributed by atoms with van der Waals surface area (Å²) in [6.07, 6.45) is 1.65. The molecular formula is C15H25N3O2S. The van der Waals surface area contributed by atoms with Crippen molar-refractivity contribution in [1.82, 2.24) is 8.61 Å². The van der Waals surface area contributed by atoms with Gasteiger partial charge in [0, 0.05) is 32.7 Å². The first-order valence-electron chi connectivity index (χ1n) is 7.53. The topological polar surface area (TPSA) is 66.6 Å². The van der Waals surface area contributed by atoms with E-state index in [0.29, 0.717) is 45.1 Å². The lowest BCUT2D eigenvalue weighted by Crippen LogP contribution is -2.45. The van der Waals surface area contributed by atoms with E-state index in [0.717, 1.165) is 12.0 Å². The molecule has 0 amide bonds. The van der Waals surface area contributed by atoms with Crippen LogP contribution in [0.4, 0.5) is 0 Å². The monoisotopic (exact) mass is 311 g/mol. The Morgan fingerprint density at radius 1 is 1.29 bits per heavy atom. The number of hydrogen-bond donors (Lipinski definition) is 1. The minimum Gasteiger partial charge on any atom is -0.329 e. The molecule has 2 N–H and O–H groups in total. The van der Waals surface area contributed by atoms with Gasteiger partial charge < -0.3 is 5.73 Å². The summed E-state index contributed by atoms with van der Waals surface area (Å²) in [6, 6.07) is 9.94. The van der Waals surface area contributed by atoms with Crippen molar-refractivity contribution in [3.63, 3.8) is 0 Å². The van der Waals surface area contributed by atoms with Crippen molar-refractivity contribution in [2.24, 2.45) is 11.7 Å². The van der Waals surface area contributed by atoms with Crippen molar-refractivity contribution in [2.45, 2.75) is 19.8 Å². The Balaban J connectivity index is 2.03. The third-order valence-corrected chi connectivity index (χ3v) is 5.91. The van der Waals surface area contributed by atoms with Crippen molar-refractivity contribution in [1.29, 1.82) is 0 Å². The van der Waals surface area contributed by atoms with Crippen LogP contribution in [0.15, 0.2) is 30.3 Å². The highest BCUT2D eigenvalue weighted by molar-refractivity contribution is 7.86. The third-order valence-electron chi connectivity index (χ3n) is 3.91. The van der Waals surface area contributed by atoms with Gasteiger partial charge in [0.05, 0.1) is 0 Å². The van der Waals surface area contributed by atoms with E-state index in [1.807, 2.05) is 30.3 Å². The summed E-state index contributed by atoms with van der Waals surface area (Å²) < 4.78 is 28.5. The molecule has 1 aliphatic heterocycles. The highest BCUT2D eigenvalue weighted by atomic mass is 32.2. The molecule has 0 bridgehead atoms. The highest BCUT2D eigenvalue weighted by Gasteiger charge is 2.33. The first-order valence-corrected chi connectivity index (χ1v) is 8.93. The zero-order chi connectivity index (χ0) is 15.3. The van der Waals surface area contributed by atoms with Crippen molar-refractivity contribution in [2.75, 3.05) is 32.7 Å². The van der Waals surface area contributed by atoms with Gasteiger partial charge in [0.2, 0.25) is 0 Å². The summed E-state index contributed by atoms with van der Waals surface area (Å²) in [7, 11) is -3.38. The molecule has 1 atom stereocenters. The Labute approximate surface area is 127 Å². The molecular weight excluding hydrogens is 286 g/mol. The first-order chi connectivity index (χ1) is 10.0. The van der Waals surface area contributed by atoms with E-state index in [1.54, 1.807) is 4.31 Å². The van der Waals surface area contributed by atoms with E-state index in [-0.39, 0.29) is 0 Å². The SMILES string of the molecule is CC1CCN(S(=O)(=O)N(CCN)CCc2ccccc2)C1. The van der Waals surface area contributed by atoms with Crippen LogP contribution in [0.2, 0.25) is 0 Å². The van der Waals surface area contributed by atoms with Crippen LogP contribution in [0, 0.1) is 5.92 Å². The zero-order valence-corrected chi connectivity index (χ0v) is 13.4. The lowest BCUT2D eigenvalue weighted by Gasteiger charge is -2.27. The average molecular weight is 311 g/mol. The zero-order valence-electron chi connectivity index (χ0n) is 12.6. The fourth-order valence-corrected chi connectivity index (χ4v) is 4.42. The molecule has 1 heterocycles. The Hall–Kier alpha value is -0.950. The predicted octanol–water partition coefficient (Wildman–Crippen LogP) is 1.08. The average Bonchev–Trinajstić information content (AvgIpc) is 2.92. The van der Waals surface area contributed by atoms with Crippen LogP contribution in [0.5, 0.6) is 0 Å². The maximum atomic E-state index is 12.7. The summed E-state index contributed by atoms with van der Waals surface area (Å²) in [5, 5.41) is 0. The van der Waals surface area contributed by atoms with E-state index >= 15 is 0 Å². The molecule has 1 unspecified atom stereocenters. The standard InChI is InChI=1S/C15H25N3O2S/c1-14-7-10-18(13-14)21(19,20)17(12-9-16)11-8-15-5-3-2-4-6-15/h2-6,14H,7-13,16H2,1H3. The quantitative estimate of drug-likeness (QED) is 0.819. The maximum Gasteiger partial charge on any atom is 0.282 e. The third kappa shape index (κ3) is 4.26. The molecule has 2 rings (SSSR count). The van der Waals surface area contributed by atoms with Crippen LogP contribution in [-0.4, -0.2) is 49.8 Å². The predicted molar refractivity (Wildman–Crippen MR) is 85.0 cm³/mol. The van der Waals surface area contributed by atoms with Crippen LogP contribution >= 0.6 is 0 Å². The van der Waals surface area contributed by atoms with Crippen LogP contribution < -0.4 is 5.73 Å². The number of benzene rings is 1. The molecule has 5 nitrogen and oxygen atoms in total. The molecule has 1 saturated heterocycles. The number of hydrogen-bond acceptors (Lipinski definition) is 3. The molecule has 0 radical (unpaired) electrons. The van der Waals surface area contributed by atoms with E-state index < -0.39 is 10.2 Å². The molecule has 118 valence electrons. The number of rotatable bonds is 7. The molecule has 0 saturated carbocycles. The van der Waals surface area contributed by atoms with Gasteiger partial charge in [-0.3, -0.25) is 0 Å². The summed E-state index contributed by atoms with van der Waals surface area (Å²) in [6.45, 7) is 4.53. The molecule has 0 aliphatic carbocycles. The van der Waals surface area contributed by atoms with Gasteiger partial charge in [-0.25, -0.2) is 0 Å². The van der Waals surface area contributed by atoms with Gasteiger partial charge in [-0.1, -0.05) is 37.3 Å². The lowest BCUT2D eigenvalue weighted by atomic mass is 10.1. The maximum absolute atomic E-state index is 12.7. The second-order valence-electron chi connectivity index (χ2n) is 5.68. The summed E-state index contributed by atoms with van der Waals surface area (Å²) >= 11 is 0. The Bertz CT molecular complexity index is 533. The van der Waals surface area contributed by atoms with Crippen molar-refractivity contribution >= 4 is 10.2 Å². The van der Waals surface area contributed by atoms with Crippen LogP contribution in [0.25, 0.3) is 0 Å². The van der Waals surface area contributed by atoms with Crippen molar-refractivity contribution in [3.8, 4) is 0 Å². The van der Waals surface area contributed by atoms with Crippen LogP contribution in [0.3, 0.4) is 0 Å². The summed E-state index contributed by atoms with van der Waals surface area (Å²) in [5.41, 5.74) is 6.74. The Kier molecular flexibility index (Phi) is 5.75. The minimum atomic E-state index is -3.38. The highest BCUT2D eigenvalue weighted by Crippen LogP contribution is 2.21. The largest absolute Gasteiger partial charge is 0.329 e. The minimum absolute atomic E-state index is 0.345. The summed E-state index contributed by atoms with van der Waals surface area (Å²) in [5.74, 6) is 0.439. The molecule has 1 fully saturated rings. The smallest absolute Gasteiger partial charge is 0.282 e. The van der Waals surface area contributed by atoms with Gasteiger partial charge in [-0.15, -0.1) is 0 Å². The van der Waals surface area contributed by atoms with Gasteiger partial charge in [-0.05, 0) is 24.3 Å². The van der Waals surface area contributed by atoms with E-state index in [9.17, 15) is 8.42 Å². The molecule has 0 aromatic heterocycles. The molecule has 1 aliphatic rings. The van der Waals surface area contributed by atoms with Crippen molar-refractivity contribution < 1.29 is 8.42 Å². The van der Waals surface area contributed by atoms with Gasteiger partial charge in [0.15, 0.2) is 0 Å². The molecule has 1 aromatic carbocycles. The summed E-state index contributed by atoms with van der Waals surface area (Å²) in [4.78, 5) is 0. The second-order valence-corrected chi connectivity index (χ2v) is 7.61. The van der Waals surface area contributed by atoms with E-state index in [4.69, 9.17) is 5.73 Å². The lowest BCUT2D eigenvalue weighted by molar-refractivity contribution is 0.362. The van der Waals surface area contributed by atoms with Gasteiger partial charge in [0.1, 0.15) is 0 Å². The Morgan fingerprint density at radius 3 is 2.57 bits per heavy atom. The van der Waals surface area contributed by atoms with Crippen LogP contribution in [-0.2, 0) is 16.6 Å². The first kappa shape index (κ1) is 16.4. The molecule has 1 aromatic rings. The second kappa shape index (κ2) is 7.35. The number of nitrogens with two attached hydrogens (primary N) is 1. The number of nitrogens with zero attached hydrogens (tertiary/aromatic N) is 2. The Morgan fingerprint density at radius 2 is 2.00 bits per heavy atom. The molecule has 21 heavy (non-hydrogen) atoms.